The molecule has 5 heteroatoms. The normalized spacial score (nSPS) is 21.1. The van der Waals surface area contributed by atoms with Gasteiger partial charge in [0.2, 0.25) is 0 Å². The molecule has 2 atom stereocenters. The third-order valence-corrected chi connectivity index (χ3v) is 2.49. The Labute approximate surface area is 92.5 Å². The standard InChI is InChI=1S/C10H12ClNO3/c11-6-1-2-8-9(3-6)15-10(5-14-8)7(13)4-12/h1-3,7,10,13H,4-5,12H2. The quantitative estimate of drug-likeness (QED) is 0.788. The molecule has 15 heavy (non-hydrogen) atoms. The van der Waals surface area contributed by atoms with Crippen molar-refractivity contribution in [1.82, 2.24) is 0 Å². The number of rotatable bonds is 2. The fourth-order valence-corrected chi connectivity index (χ4v) is 1.57. The Morgan fingerprint density at radius 1 is 1.53 bits per heavy atom. The second-order valence-electron chi connectivity index (χ2n) is 3.36. The Kier molecular flexibility index (Phi) is 3.00. The molecule has 0 amide bonds. The first-order chi connectivity index (χ1) is 7.20. The van der Waals surface area contributed by atoms with Crippen LogP contribution in [0.15, 0.2) is 18.2 Å². The molecule has 1 aliphatic heterocycles. The maximum Gasteiger partial charge on any atom is 0.163 e. The van der Waals surface area contributed by atoms with E-state index in [2.05, 4.69) is 0 Å². The number of hydrogen-bond acceptors (Lipinski definition) is 4. The number of ether oxygens (including phenoxy) is 2. The summed E-state index contributed by atoms with van der Waals surface area (Å²) in [5.74, 6) is 1.19. The molecule has 0 spiro atoms. The molecule has 0 fully saturated rings. The molecule has 1 aromatic carbocycles. The van der Waals surface area contributed by atoms with Crippen LogP contribution in [0.1, 0.15) is 0 Å². The molecule has 1 heterocycles. The Balaban J connectivity index is 2.18. The Hall–Kier alpha value is -0.970. The van der Waals surface area contributed by atoms with Crippen LogP contribution in [0.5, 0.6) is 11.5 Å². The highest BCUT2D eigenvalue weighted by atomic mass is 35.5. The van der Waals surface area contributed by atoms with Gasteiger partial charge < -0.3 is 20.3 Å². The van der Waals surface area contributed by atoms with Crippen LogP contribution >= 0.6 is 11.6 Å². The maximum absolute atomic E-state index is 9.51. The summed E-state index contributed by atoms with van der Waals surface area (Å²) in [5, 5.41) is 10.1. The molecule has 0 aliphatic carbocycles. The zero-order valence-corrected chi connectivity index (χ0v) is 8.78. The van der Waals surface area contributed by atoms with Crippen LogP contribution in [0.4, 0.5) is 0 Å². The molecule has 2 rings (SSSR count). The van der Waals surface area contributed by atoms with E-state index in [-0.39, 0.29) is 6.54 Å². The molecular weight excluding hydrogens is 218 g/mol. The van der Waals surface area contributed by atoms with Crippen molar-refractivity contribution in [2.75, 3.05) is 13.2 Å². The molecule has 0 saturated carbocycles. The number of aliphatic hydroxyl groups excluding tert-OH is 1. The van der Waals surface area contributed by atoms with Gasteiger partial charge in [0.25, 0.3) is 0 Å². The van der Waals surface area contributed by atoms with Crippen LogP contribution in [0.2, 0.25) is 5.02 Å². The molecule has 82 valence electrons. The highest BCUT2D eigenvalue weighted by Crippen LogP contribution is 2.34. The van der Waals surface area contributed by atoms with Crippen molar-refractivity contribution < 1.29 is 14.6 Å². The van der Waals surface area contributed by atoms with E-state index in [0.29, 0.717) is 23.1 Å². The summed E-state index contributed by atoms with van der Waals surface area (Å²) in [5.41, 5.74) is 5.34. The summed E-state index contributed by atoms with van der Waals surface area (Å²) in [6, 6.07) is 5.12. The summed E-state index contributed by atoms with van der Waals surface area (Å²) in [7, 11) is 0. The SMILES string of the molecule is NCC(O)C1COc2ccc(Cl)cc2O1. The van der Waals surface area contributed by atoms with Gasteiger partial charge in [-0.1, -0.05) is 11.6 Å². The van der Waals surface area contributed by atoms with E-state index in [4.69, 9.17) is 26.8 Å². The molecule has 3 N–H and O–H groups in total. The van der Waals surface area contributed by atoms with Gasteiger partial charge in [-0.3, -0.25) is 0 Å². The lowest BCUT2D eigenvalue weighted by molar-refractivity contribution is -0.00530. The smallest absolute Gasteiger partial charge is 0.163 e. The monoisotopic (exact) mass is 229 g/mol. The van der Waals surface area contributed by atoms with Crippen molar-refractivity contribution >= 4 is 11.6 Å². The van der Waals surface area contributed by atoms with Crippen molar-refractivity contribution in [2.45, 2.75) is 12.2 Å². The van der Waals surface area contributed by atoms with Gasteiger partial charge in [-0.25, -0.2) is 0 Å². The second kappa shape index (κ2) is 4.26. The minimum absolute atomic E-state index is 0.143. The van der Waals surface area contributed by atoms with E-state index >= 15 is 0 Å². The van der Waals surface area contributed by atoms with Gasteiger partial charge in [-0.05, 0) is 12.1 Å². The van der Waals surface area contributed by atoms with Crippen LogP contribution < -0.4 is 15.2 Å². The van der Waals surface area contributed by atoms with E-state index in [0.717, 1.165) is 0 Å². The zero-order chi connectivity index (χ0) is 10.8. The molecular formula is C10H12ClNO3. The Morgan fingerprint density at radius 2 is 2.33 bits per heavy atom. The number of benzene rings is 1. The van der Waals surface area contributed by atoms with E-state index in [1.807, 2.05) is 0 Å². The first-order valence-electron chi connectivity index (χ1n) is 4.68. The molecule has 0 saturated heterocycles. The van der Waals surface area contributed by atoms with Crippen LogP contribution in [-0.4, -0.2) is 30.5 Å². The molecule has 1 aliphatic rings. The van der Waals surface area contributed by atoms with Crippen LogP contribution in [0.25, 0.3) is 0 Å². The molecule has 0 bridgehead atoms. The third-order valence-electron chi connectivity index (χ3n) is 2.26. The molecule has 2 unspecified atom stereocenters. The summed E-state index contributed by atoms with van der Waals surface area (Å²) >= 11 is 5.82. The first kappa shape index (κ1) is 10.5. The first-order valence-corrected chi connectivity index (χ1v) is 5.05. The fraction of sp³-hybridized carbons (Fsp3) is 0.400. The summed E-state index contributed by atoms with van der Waals surface area (Å²) < 4.78 is 10.9. The second-order valence-corrected chi connectivity index (χ2v) is 3.80. The summed E-state index contributed by atoms with van der Waals surface area (Å²) in [6.45, 7) is 0.441. The van der Waals surface area contributed by atoms with Crippen LogP contribution in [0, 0.1) is 0 Å². The van der Waals surface area contributed by atoms with Crippen molar-refractivity contribution in [2.24, 2.45) is 5.73 Å². The molecule has 0 aromatic heterocycles. The lowest BCUT2D eigenvalue weighted by Gasteiger charge is -2.29. The topological polar surface area (TPSA) is 64.7 Å². The van der Waals surface area contributed by atoms with Crippen LogP contribution in [0.3, 0.4) is 0 Å². The number of nitrogens with two attached hydrogens (primary N) is 1. The predicted octanol–water partition coefficient (Wildman–Crippen LogP) is 0.799. The van der Waals surface area contributed by atoms with E-state index < -0.39 is 12.2 Å². The average Bonchev–Trinajstić information content (AvgIpc) is 2.27. The molecule has 0 radical (unpaired) electrons. The minimum atomic E-state index is -0.725. The van der Waals surface area contributed by atoms with Gasteiger partial charge in [0, 0.05) is 17.6 Å². The van der Waals surface area contributed by atoms with Crippen molar-refractivity contribution in [3.63, 3.8) is 0 Å². The molecule has 4 nitrogen and oxygen atoms in total. The van der Waals surface area contributed by atoms with Crippen molar-refractivity contribution in [3.05, 3.63) is 23.2 Å². The fourth-order valence-electron chi connectivity index (χ4n) is 1.40. The Morgan fingerprint density at radius 3 is 3.07 bits per heavy atom. The summed E-state index contributed by atoms with van der Waals surface area (Å²) in [4.78, 5) is 0. The van der Waals surface area contributed by atoms with Crippen molar-refractivity contribution in [3.8, 4) is 11.5 Å². The number of fused-ring (bicyclic) bond motifs is 1. The third kappa shape index (κ3) is 2.17. The zero-order valence-electron chi connectivity index (χ0n) is 8.02. The lowest BCUT2D eigenvalue weighted by atomic mass is 10.2. The van der Waals surface area contributed by atoms with E-state index in [9.17, 15) is 5.11 Å². The highest BCUT2D eigenvalue weighted by molar-refractivity contribution is 6.30. The van der Waals surface area contributed by atoms with Gasteiger partial charge >= 0.3 is 0 Å². The Bertz CT molecular complexity index is 359. The van der Waals surface area contributed by atoms with Crippen LogP contribution in [-0.2, 0) is 0 Å². The van der Waals surface area contributed by atoms with E-state index in [1.165, 1.54) is 0 Å². The largest absolute Gasteiger partial charge is 0.486 e. The number of halogens is 1. The maximum atomic E-state index is 9.51. The van der Waals surface area contributed by atoms with Crippen molar-refractivity contribution in [1.29, 1.82) is 0 Å². The van der Waals surface area contributed by atoms with Gasteiger partial charge in [0.1, 0.15) is 12.7 Å². The minimum Gasteiger partial charge on any atom is -0.486 e. The average molecular weight is 230 g/mol. The van der Waals surface area contributed by atoms with Gasteiger partial charge in [0.05, 0.1) is 0 Å². The number of hydrogen-bond donors (Lipinski definition) is 2. The van der Waals surface area contributed by atoms with E-state index in [1.54, 1.807) is 18.2 Å². The highest BCUT2D eigenvalue weighted by Gasteiger charge is 2.26. The van der Waals surface area contributed by atoms with Gasteiger partial charge in [-0.2, -0.15) is 0 Å². The lowest BCUT2D eigenvalue weighted by Crippen LogP contribution is -2.43. The predicted molar refractivity (Wildman–Crippen MR) is 56.4 cm³/mol. The number of aliphatic hydroxyl groups is 1. The molecule has 1 aromatic rings. The van der Waals surface area contributed by atoms with Gasteiger partial charge in [0.15, 0.2) is 17.6 Å². The summed E-state index contributed by atoms with van der Waals surface area (Å²) in [6.07, 6.45) is -1.15. The van der Waals surface area contributed by atoms with Gasteiger partial charge in [-0.15, -0.1) is 0 Å².